The molecule has 0 aliphatic rings. The number of nitrogens with zero attached hydrogens (tertiary/aromatic N) is 2. The summed E-state index contributed by atoms with van der Waals surface area (Å²) in [6, 6.07) is 5.83. The van der Waals surface area contributed by atoms with Crippen LogP contribution in [0.2, 0.25) is 5.15 Å². The van der Waals surface area contributed by atoms with Crippen LogP contribution in [0.4, 0.5) is 0 Å². The summed E-state index contributed by atoms with van der Waals surface area (Å²) in [6.45, 7) is 10.2. The fraction of sp³-hybridized carbons (Fsp3) is 0.375. The van der Waals surface area contributed by atoms with Crippen LogP contribution in [0.1, 0.15) is 44.7 Å². The van der Waals surface area contributed by atoms with Crippen LogP contribution in [-0.4, -0.2) is 9.97 Å². The van der Waals surface area contributed by atoms with Gasteiger partial charge in [0.25, 0.3) is 0 Å². The molecule has 2 nitrogen and oxygen atoms in total. The maximum Gasteiger partial charge on any atom is 0.132 e. The topological polar surface area (TPSA) is 25.8 Å². The molecule has 0 saturated heterocycles. The maximum absolute atomic E-state index is 5.81. The molecule has 0 aliphatic carbocycles. The Kier molecular flexibility index (Phi) is 10.3. The van der Waals surface area contributed by atoms with Gasteiger partial charge in [0, 0.05) is 23.1 Å². The molecule has 2 aromatic heterocycles. The molecule has 2 aromatic rings. The van der Waals surface area contributed by atoms with Crippen molar-refractivity contribution in [1.29, 1.82) is 0 Å². The van der Waals surface area contributed by atoms with Crippen LogP contribution in [0.15, 0.2) is 41.3 Å². The smallest absolute Gasteiger partial charge is 0.132 e. The third-order valence-corrected chi connectivity index (χ3v) is 3.57. The lowest BCUT2D eigenvalue weighted by Gasteiger charge is -2.04. The van der Waals surface area contributed by atoms with Crippen LogP contribution < -0.4 is 0 Å². The van der Waals surface area contributed by atoms with E-state index in [1.807, 2.05) is 45.2 Å². The second-order valence-corrected chi connectivity index (χ2v) is 5.38. The molecular formula is C16H22BrClN2. The van der Waals surface area contributed by atoms with Gasteiger partial charge in [0.15, 0.2) is 0 Å². The molecule has 0 amide bonds. The van der Waals surface area contributed by atoms with Gasteiger partial charge in [0.05, 0.1) is 0 Å². The standard InChI is InChI=1S/C8H10ClN.C6H6BrN.C2H6/c1-6(2)7-4-3-5-10-8(7)9;1-5-4-8-3-2-6(5)7;1-2/h3-6H,1-2H3;2-4H,1H3;1-2H3. The van der Waals surface area contributed by atoms with Crippen LogP contribution >= 0.6 is 27.5 Å². The van der Waals surface area contributed by atoms with E-state index in [1.54, 1.807) is 12.4 Å². The Balaban J connectivity index is 0.000000327. The molecule has 110 valence electrons. The highest BCUT2D eigenvalue weighted by Crippen LogP contribution is 2.20. The van der Waals surface area contributed by atoms with Crippen LogP contribution in [0.3, 0.4) is 0 Å². The van der Waals surface area contributed by atoms with Gasteiger partial charge in [-0.05, 0) is 36.1 Å². The summed E-state index contributed by atoms with van der Waals surface area (Å²) in [5, 5.41) is 0.623. The van der Waals surface area contributed by atoms with E-state index in [4.69, 9.17) is 11.6 Å². The van der Waals surface area contributed by atoms with Crippen molar-refractivity contribution < 1.29 is 0 Å². The van der Waals surface area contributed by atoms with Gasteiger partial charge in [0.2, 0.25) is 0 Å². The molecule has 2 heterocycles. The van der Waals surface area contributed by atoms with Crippen molar-refractivity contribution in [3.63, 3.8) is 0 Å². The molecule has 0 saturated carbocycles. The van der Waals surface area contributed by atoms with E-state index in [0.717, 1.165) is 10.0 Å². The first-order chi connectivity index (χ1) is 9.52. The molecule has 0 atom stereocenters. The van der Waals surface area contributed by atoms with Gasteiger partial charge in [-0.3, -0.25) is 4.98 Å². The first-order valence-electron chi connectivity index (χ1n) is 6.69. The maximum atomic E-state index is 5.81. The summed E-state index contributed by atoms with van der Waals surface area (Å²) in [4.78, 5) is 7.88. The summed E-state index contributed by atoms with van der Waals surface area (Å²) < 4.78 is 1.12. The summed E-state index contributed by atoms with van der Waals surface area (Å²) in [6.07, 6.45) is 5.29. The van der Waals surface area contributed by atoms with E-state index in [0.29, 0.717) is 11.1 Å². The van der Waals surface area contributed by atoms with Gasteiger partial charge in [0.1, 0.15) is 5.15 Å². The summed E-state index contributed by atoms with van der Waals surface area (Å²) in [5.74, 6) is 0.459. The summed E-state index contributed by atoms with van der Waals surface area (Å²) in [7, 11) is 0. The number of aromatic nitrogens is 2. The Hall–Kier alpha value is -0.930. The summed E-state index contributed by atoms with van der Waals surface area (Å²) in [5.41, 5.74) is 2.29. The molecule has 0 N–H and O–H groups in total. The molecule has 0 aromatic carbocycles. The van der Waals surface area contributed by atoms with Gasteiger partial charge < -0.3 is 0 Å². The normalized spacial score (nSPS) is 9.20. The number of pyridine rings is 2. The van der Waals surface area contributed by atoms with Crippen LogP contribution in [0.25, 0.3) is 0 Å². The van der Waals surface area contributed by atoms with E-state index in [2.05, 4.69) is 39.7 Å². The lowest BCUT2D eigenvalue weighted by atomic mass is 10.1. The first kappa shape index (κ1) is 19.1. The minimum Gasteiger partial charge on any atom is -0.264 e. The van der Waals surface area contributed by atoms with Crippen molar-refractivity contribution in [2.45, 2.75) is 40.5 Å². The number of rotatable bonds is 1. The zero-order valence-corrected chi connectivity index (χ0v) is 15.0. The number of hydrogen-bond acceptors (Lipinski definition) is 2. The van der Waals surface area contributed by atoms with Crippen molar-refractivity contribution >= 4 is 27.5 Å². The highest BCUT2D eigenvalue weighted by Gasteiger charge is 2.02. The minimum absolute atomic E-state index is 0.459. The molecular weight excluding hydrogens is 336 g/mol. The van der Waals surface area contributed by atoms with Crippen LogP contribution in [0.5, 0.6) is 0 Å². The third kappa shape index (κ3) is 7.01. The molecule has 0 bridgehead atoms. The average molecular weight is 358 g/mol. The molecule has 0 unspecified atom stereocenters. The fourth-order valence-corrected chi connectivity index (χ4v) is 1.84. The van der Waals surface area contributed by atoms with E-state index in [9.17, 15) is 0 Å². The molecule has 0 aliphatic heterocycles. The van der Waals surface area contributed by atoms with Crippen LogP contribution in [-0.2, 0) is 0 Å². The van der Waals surface area contributed by atoms with Crippen molar-refractivity contribution in [3.05, 3.63) is 57.5 Å². The monoisotopic (exact) mass is 356 g/mol. The summed E-state index contributed by atoms with van der Waals surface area (Å²) >= 11 is 9.16. The largest absolute Gasteiger partial charge is 0.264 e. The van der Waals surface area contributed by atoms with Gasteiger partial charge >= 0.3 is 0 Å². The Morgan fingerprint density at radius 1 is 1.15 bits per heavy atom. The van der Waals surface area contributed by atoms with E-state index in [-0.39, 0.29) is 0 Å². The van der Waals surface area contributed by atoms with E-state index >= 15 is 0 Å². The second-order valence-electron chi connectivity index (χ2n) is 4.16. The van der Waals surface area contributed by atoms with Gasteiger partial charge in [-0.2, -0.15) is 0 Å². The number of halogens is 2. The Labute approximate surface area is 135 Å². The quantitative estimate of drug-likeness (QED) is 0.582. The molecule has 2 rings (SSSR count). The van der Waals surface area contributed by atoms with Crippen molar-refractivity contribution in [1.82, 2.24) is 9.97 Å². The first-order valence-corrected chi connectivity index (χ1v) is 7.86. The van der Waals surface area contributed by atoms with Gasteiger partial charge in [-0.15, -0.1) is 0 Å². The molecule has 0 radical (unpaired) electrons. The predicted octanol–water partition coefficient (Wildman–Crippen LogP) is 6.04. The van der Waals surface area contributed by atoms with Crippen molar-refractivity contribution in [2.24, 2.45) is 0 Å². The van der Waals surface area contributed by atoms with Crippen molar-refractivity contribution in [2.75, 3.05) is 0 Å². The predicted molar refractivity (Wildman–Crippen MR) is 91.4 cm³/mol. The number of hydrogen-bond donors (Lipinski definition) is 0. The Morgan fingerprint density at radius 2 is 1.80 bits per heavy atom. The minimum atomic E-state index is 0.459. The number of aryl methyl sites for hydroxylation is 1. The SMILES string of the molecule is CC.CC(C)c1cccnc1Cl.Cc1cnccc1Br. The lowest BCUT2D eigenvalue weighted by Crippen LogP contribution is -1.89. The van der Waals surface area contributed by atoms with Gasteiger partial charge in [-0.1, -0.05) is 61.3 Å². The highest BCUT2D eigenvalue weighted by atomic mass is 79.9. The molecule has 0 fully saturated rings. The highest BCUT2D eigenvalue weighted by molar-refractivity contribution is 9.10. The van der Waals surface area contributed by atoms with E-state index in [1.165, 1.54) is 5.56 Å². The molecule has 0 spiro atoms. The Bertz CT molecular complexity index is 480. The second kappa shape index (κ2) is 10.8. The lowest BCUT2D eigenvalue weighted by molar-refractivity contribution is 0.858. The van der Waals surface area contributed by atoms with Crippen molar-refractivity contribution in [3.8, 4) is 0 Å². The Morgan fingerprint density at radius 3 is 2.15 bits per heavy atom. The van der Waals surface area contributed by atoms with Crippen LogP contribution in [0, 0.1) is 6.92 Å². The molecule has 20 heavy (non-hydrogen) atoms. The van der Waals surface area contributed by atoms with E-state index < -0.39 is 0 Å². The zero-order valence-electron chi connectivity index (χ0n) is 12.7. The molecule has 4 heteroatoms. The average Bonchev–Trinajstić information content (AvgIpc) is 2.45. The third-order valence-electron chi connectivity index (χ3n) is 2.36. The zero-order chi connectivity index (χ0) is 15.5. The fourth-order valence-electron chi connectivity index (χ4n) is 1.29. The van der Waals surface area contributed by atoms with Gasteiger partial charge in [-0.25, -0.2) is 4.98 Å².